The summed E-state index contributed by atoms with van der Waals surface area (Å²) in [7, 11) is 0. The minimum atomic E-state index is -0.0455. The molecule has 2 nitrogen and oxygen atoms in total. The molecule has 0 N–H and O–H groups in total. The van der Waals surface area contributed by atoms with Crippen LogP contribution in [0.3, 0.4) is 0 Å². The minimum Gasteiger partial charge on any atom is -0.480 e. The minimum absolute atomic E-state index is 0.0455. The molecule has 0 aromatic heterocycles. The van der Waals surface area contributed by atoms with Gasteiger partial charge in [0.15, 0.2) is 5.78 Å². The SMILES string of the molecule is C#CCOc1ccc2ccccc2c1/C=C/C(=O)c1ccc(C)cc1. The van der Waals surface area contributed by atoms with Crippen LogP contribution in [0, 0.1) is 19.3 Å². The zero-order valence-electron chi connectivity index (χ0n) is 14.0. The van der Waals surface area contributed by atoms with E-state index in [9.17, 15) is 4.79 Å². The van der Waals surface area contributed by atoms with Crippen LogP contribution >= 0.6 is 0 Å². The van der Waals surface area contributed by atoms with Crippen molar-refractivity contribution in [3.63, 3.8) is 0 Å². The van der Waals surface area contributed by atoms with Crippen molar-refractivity contribution in [2.24, 2.45) is 0 Å². The van der Waals surface area contributed by atoms with Crippen molar-refractivity contribution in [2.45, 2.75) is 6.92 Å². The lowest BCUT2D eigenvalue weighted by molar-refractivity contribution is 0.104. The molecule has 0 bridgehead atoms. The molecule has 0 fully saturated rings. The number of carbonyl (C=O) groups is 1. The van der Waals surface area contributed by atoms with Crippen molar-refractivity contribution in [3.05, 3.63) is 83.4 Å². The molecule has 0 radical (unpaired) electrons. The highest BCUT2D eigenvalue weighted by Gasteiger charge is 2.07. The fraction of sp³-hybridized carbons (Fsp3) is 0.0870. The fourth-order valence-corrected chi connectivity index (χ4v) is 2.67. The van der Waals surface area contributed by atoms with Gasteiger partial charge in [0, 0.05) is 11.1 Å². The first-order valence-electron chi connectivity index (χ1n) is 8.06. The number of benzene rings is 3. The number of aryl methyl sites for hydroxylation is 1. The number of fused-ring (bicyclic) bond motifs is 1. The number of terminal acetylenes is 1. The number of rotatable bonds is 5. The van der Waals surface area contributed by atoms with Crippen molar-refractivity contribution in [1.82, 2.24) is 0 Å². The van der Waals surface area contributed by atoms with E-state index in [2.05, 4.69) is 5.92 Å². The Balaban J connectivity index is 1.99. The molecule has 0 aliphatic heterocycles. The van der Waals surface area contributed by atoms with Gasteiger partial charge in [-0.05, 0) is 35.9 Å². The molecule has 25 heavy (non-hydrogen) atoms. The highest BCUT2D eigenvalue weighted by Crippen LogP contribution is 2.29. The van der Waals surface area contributed by atoms with Crippen LogP contribution in [-0.2, 0) is 0 Å². The Hall–Kier alpha value is -3.31. The molecule has 0 amide bonds. The maximum absolute atomic E-state index is 12.4. The van der Waals surface area contributed by atoms with E-state index in [1.807, 2.05) is 67.6 Å². The summed E-state index contributed by atoms with van der Waals surface area (Å²) in [6.45, 7) is 2.18. The van der Waals surface area contributed by atoms with Crippen LogP contribution in [0.4, 0.5) is 0 Å². The molecule has 0 aliphatic carbocycles. The van der Waals surface area contributed by atoms with E-state index in [-0.39, 0.29) is 12.4 Å². The van der Waals surface area contributed by atoms with Crippen LogP contribution in [0.2, 0.25) is 0 Å². The van der Waals surface area contributed by atoms with Crippen molar-refractivity contribution in [2.75, 3.05) is 6.61 Å². The highest BCUT2D eigenvalue weighted by molar-refractivity contribution is 6.08. The normalized spacial score (nSPS) is 10.7. The number of ketones is 1. The molecule has 3 aromatic carbocycles. The van der Waals surface area contributed by atoms with E-state index in [0.29, 0.717) is 11.3 Å². The van der Waals surface area contributed by atoms with Gasteiger partial charge in [-0.2, -0.15) is 0 Å². The summed E-state index contributed by atoms with van der Waals surface area (Å²) in [4.78, 5) is 12.4. The maximum atomic E-state index is 12.4. The highest BCUT2D eigenvalue weighted by atomic mass is 16.5. The van der Waals surface area contributed by atoms with E-state index < -0.39 is 0 Å². The first-order chi connectivity index (χ1) is 12.2. The molecule has 0 atom stereocenters. The van der Waals surface area contributed by atoms with Crippen molar-refractivity contribution < 1.29 is 9.53 Å². The van der Waals surface area contributed by atoms with Gasteiger partial charge >= 0.3 is 0 Å². The molecule has 0 heterocycles. The molecule has 0 spiro atoms. The first-order valence-corrected chi connectivity index (χ1v) is 8.06. The Labute approximate surface area is 147 Å². The summed E-state index contributed by atoms with van der Waals surface area (Å²) in [6, 6.07) is 19.4. The number of hydrogen-bond donors (Lipinski definition) is 0. The van der Waals surface area contributed by atoms with Crippen LogP contribution < -0.4 is 4.74 Å². The van der Waals surface area contributed by atoms with E-state index >= 15 is 0 Å². The molecule has 3 rings (SSSR count). The zero-order valence-corrected chi connectivity index (χ0v) is 14.0. The van der Waals surface area contributed by atoms with Crippen molar-refractivity contribution >= 4 is 22.6 Å². The van der Waals surface area contributed by atoms with Crippen molar-refractivity contribution in [1.29, 1.82) is 0 Å². The summed E-state index contributed by atoms with van der Waals surface area (Å²) in [5.41, 5.74) is 2.64. The Morgan fingerprint density at radius 3 is 2.60 bits per heavy atom. The van der Waals surface area contributed by atoms with Gasteiger partial charge in [0.1, 0.15) is 12.4 Å². The van der Waals surface area contributed by atoms with E-state index in [1.54, 1.807) is 12.2 Å². The Morgan fingerprint density at radius 2 is 1.84 bits per heavy atom. The molecule has 2 heteroatoms. The summed E-state index contributed by atoms with van der Waals surface area (Å²) in [5.74, 6) is 3.10. The van der Waals surface area contributed by atoms with Crippen LogP contribution in [0.25, 0.3) is 16.8 Å². The summed E-state index contributed by atoms with van der Waals surface area (Å²) in [6.07, 6.45) is 8.68. The Morgan fingerprint density at radius 1 is 1.08 bits per heavy atom. The maximum Gasteiger partial charge on any atom is 0.185 e. The second-order valence-corrected chi connectivity index (χ2v) is 5.75. The summed E-state index contributed by atoms with van der Waals surface area (Å²) >= 11 is 0. The van der Waals surface area contributed by atoms with Crippen LogP contribution in [0.5, 0.6) is 5.75 Å². The average molecular weight is 326 g/mol. The van der Waals surface area contributed by atoms with Gasteiger partial charge in [-0.3, -0.25) is 4.79 Å². The molecular formula is C23H18O2. The number of carbonyl (C=O) groups excluding carboxylic acids is 1. The lowest BCUT2D eigenvalue weighted by Crippen LogP contribution is -1.97. The van der Waals surface area contributed by atoms with Gasteiger partial charge in [0.25, 0.3) is 0 Å². The average Bonchev–Trinajstić information content (AvgIpc) is 2.65. The molecule has 0 saturated heterocycles. The largest absolute Gasteiger partial charge is 0.480 e. The Kier molecular flexibility index (Phi) is 4.97. The third kappa shape index (κ3) is 3.79. The molecular weight excluding hydrogens is 308 g/mol. The van der Waals surface area contributed by atoms with Crippen LogP contribution in [-0.4, -0.2) is 12.4 Å². The van der Waals surface area contributed by atoms with Crippen LogP contribution in [0.1, 0.15) is 21.5 Å². The van der Waals surface area contributed by atoms with Gasteiger partial charge < -0.3 is 4.74 Å². The molecule has 0 aliphatic rings. The second kappa shape index (κ2) is 7.51. The lowest BCUT2D eigenvalue weighted by atomic mass is 10.0. The monoisotopic (exact) mass is 326 g/mol. The smallest absolute Gasteiger partial charge is 0.185 e. The molecule has 3 aromatic rings. The van der Waals surface area contributed by atoms with Gasteiger partial charge in [0.05, 0.1) is 0 Å². The number of ether oxygens (including phenoxy) is 1. The third-order valence-electron chi connectivity index (χ3n) is 3.98. The molecule has 0 saturated carbocycles. The van der Waals surface area contributed by atoms with E-state index in [1.165, 1.54) is 0 Å². The van der Waals surface area contributed by atoms with Gasteiger partial charge in [0.2, 0.25) is 0 Å². The first kappa shape index (κ1) is 16.5. The Bertz CT molecular complexity index is 973. The predicted octanol–water partition coefficient (Wildman–Crippen LogP) is 5.06. The lowest BCUT2D eigenvalue weighted by Gasteiger charge is -2.10. The van der Waals surface area contributed by atoms with E-state index in [4.69, 9.17) is 11.2 Å². The number of allylic oxidation sites excluding steroid dienone is 1. The standard InChI is InChI=1S/C23H18O2/c1-3-16-25-23-15-12-18-6-4-5-7-20(18)21(23)13-14-22(24)19-10-8-17(2)9-11-19/h1,4-15H,16H2,2H3/b14-13+. The van der Waals surface area contributed by atoms with Gasteiger partial charge in [-0.15, -0.1) is 6.42 Å². The van der Waals surface area contributed by atoms with Gasteiger partial charge in [-0.25, -0.2) is 0 Å². The summed E-state index contributed by atoms with van der Waals surface area (Å²) < 4.78 is 5.65. The molecule has 0 unspecified atom stereocenters. The predicted molar refractivity (Wildman–Crippen MR) is 103 cm³/mol. The zero-order chi connectivity index (χ0) is 17.6. The third-order valence-corrected chi connectivity index (χ3v) is 3.98. The van der Waals surface area contributed by atoms with Crippen molar-refractivity contribution in [3.8, 4) is 18.1 Å². The number of hydrogen-bond acceptors (Lipinski definition) is 2. The topological polar surface area (TPSA) is 26.3 Å². The van der Waals surface area contributed by atoms with Crippen LogP contribution in [0.15, 0.2) is 66.7 Å². The second-order valence-electron chi connectivity index (χ2n) is 5.75. The fourth-order valence-electron chi connectivity index (χ4n) is 2.67. The van der Waals surface area contributed by atoms with Gasteiger partial charge in [-0.1, -0.05) is 66.1 Å². The quantitative estimate of drug-likeness (QED) is 0.372. The summed E-state index contributed by atoms with van der Waals surface area (Å²) in [5, 5.41) is 2.10. The molecule has 122 valence electrons. The van der Waals surface area contributed by atoms with E-state index in [0.717, 1.165) is 21.9 Å².